The molecule has 0 spiro atoms. The number of nitrogens with one attached hydrogen (secondary N) is 1. The van der Waals surface area contributed by atoms with E-state index in [1.54, 1.807) is 7.11 Å². The van der Waals surface area contributed by atoms with E-state index in [1.165, 1.54) is 12.8 Å². The lowest BCUT2D eigenvalue weighted by molar-refractivity contribution is 0.319. The number of nitrogens with zero attached hydrogens (tertiary/aromatic N) is 1. The van der Waals surface area contributed by atoms with Crippen LogP contribution in [0.15, 0.2) is 10.6 Å². The van der Waals surface area contributed by atoms with E-state index >= 15 is 0 Å². The molecule has 1 aromatic rings. The minimum absolute atomic E-state index is 0.268. The van der Waals surface area contributed by atoms with E-state index in [2.05, 4.69) is 10.5 Å². The number of aromatic nitrogens is 1. The third kappa shape index (κ3) is 1.67. The SMILES string of the molecule is CNC1(Cc2cc(OC)no2)CC1. The van der Waals surface area contributed by atoms with Gasteiger partial charge in [0.05, 0.1) is 7.11 Å². The predicted octanol–water partition coefficient (Wildman–Crippen LogP) is 0.978. The van der Waals surface area contributed by atoms with Gasteiger partial charge in [0.15, 0.2) is 0 Å². The Morgan fingerprint density at radius 1 is 1.69 bits per heavy atom. The van der Waals surface area contributed by atoms with Gasteiger partial charge < -0.3 is 14.6 Å². The second-order valence-corrected chi connectivity index (χ2v) is 3.54. The summed E-state index contributed by atoms with van der Waals surface area (Å²) in [7, 11) is 3.58. The first kappa shape index (κ1) is 8.56. The molecule has 1 aliphatic rings. The Hall–Kier alpha value is -1.03. The highest BCUT2D eigenvalue weighted by atomic mass is 16.5. The molecule has 2 rings (SSSR count). The number of methoxy groups -OCH3 is 1. The van der Waals surface area contributed by atoms with Crippen LogP contribution in [0.25, 0.3) is 0 Å². The van der Waals surface area contributed by atoms with Gasteiger partial charge in [0, 0.05) is 18.0 Å². The maximum absolute atomic E-state index is 5.12. The lowest BCUT2D eigenvalue weighted by Gasteiger charge is -2.10. The molecule has 72 valence electrons. The van der Waals surface area contributed by atoms with Crippen LogP contribution >= 0.6 is 0 Å². The zero-order valence-electron chi connectivity index (χ0n) is 7.96. The molecule has 0 saturated heterocycles. The summed E-state index contributed by atoms with van der Waals surface area (Å²) in [5.41, 5.74) is 0.268. The van der Waals surface area contributed by atoms with Crippen LogP contribution in [0.3, 0.4) is 0 Å². The van der Waals surface area contributed by atoms with Gasteiger partial charge in [-0.1, -0.05) is 0 Å². The summed E-state index contributed by atoms with van der Waals surface area (Å²) in [6.07, 6.45) is 3.33. The average Bonchev–Trinajstić information content (AvgIpc) is 2.77. The fourth-order valence-corrected chi connectivity index (χ4v) is 1.47. The molecule has 0 aliphatic heterocycles. The highest BCUT2D eigenvalue weighted by Gasteiger charge is 2.42. The molecule has 4 heteroatoms. The smallest absolute Gasteiger partial charge is 0.254 e. The highest BCUT2D eigenvalue weighted by Crippen LogP contribution is 2.38. The first-order chi connectivity index (χ1) is 6.28. The van der Waals surface area contributed by atoms with Crippen LogP contribution in [-0.4, -0.2) is 24.9 Å². The summed E-state index contributed by atoms with van der Waals surface area (Å²) in [6.45, 7) is 0. The third-order valence-electron chi connectivity index (χ3n) is 2.64. The molecule has 1 saturated carbocycles. The van der Waals surface area contributed by atoms with E-state index in [0.29, 0.717) is 5.88 Å². The molecule has 0 unspecified atom stereocenters. The first-order valence-electron chi connectivity index (χ1n) is 4.46. The number of likely N-dealkylation sites (N-methyl/N-ethyl adjacent to an activating group) is 1. The van der Waals surface area contributed by atoms with E-state index in [-0.39, 0.29) is 5.54 Å². The van der Waals surface area contributed by atoms with Crippen molar-refractivity contribution in [2.24, 2.45) is 0 Å². The molecule has 0 aromatic carbocycles. The van der Waals surface area contributed by atoms with Gasteiger partial charge >= 0.3 is 0 Å². The number of hydrogen-bond acceptors (Lipinski definition) is 4. The van der Waals surface area contributed by atoms with Crippen LogP contribution in [-0.2, 0) is 6.42 Å². The molecule has 4 nitrogen and oxygen atoms in total. The normalized spacial score (nSPS) is 18.6. The Bertz CT molecular complexity index is 292. The fraction of sp³-hybridized carbons (Fsp3) is 0.667. The van der Waals surface area contributed by atoms with Crippen LogP contribution in [0.5, 0.6) is 5.88 Å². The molecule has 1 aliphatic carbocycles. The first-order valence-corrected chi connectivity index (χ1v) is 4.46. The Kier molecular flexibility index (Phi) is 2.00. The molecule has 1 heterocycles. The minimum atomic E-state index is 0.268. The molecule has 1 fully saturated rings. The number of ether oxygens (including phenoxy) is 1. The molecule has 1 aromatic heterocycles. The summed E-state index contributed by atoms with van der Waals surface area (Å²) >= 11 is 0. The Morgan fingerprint density at radius 3 is 2.92 bits per heavy atom. The van der Waals surface area contributed by atoms with Crippen molar-refractivity contribution in [3.8, 4) is 5.88 Å². The van der Waals surface area contributed by atoms with Gasteiger partial charge in [-0.2, -0.15) is 0 Å². The topological polar surface area (TPSA) is 47.3 Å². The van der Waals surface area contributed by atoms with Crippen molar-refractivity contribution >= 4 is 0 Å². The third-order valence-corrected chi connectivity index (χ3v) is 2.64. The second-order valence-electron chi connectivity index (χ2n) is 3.54. The van der Waals surface area contributed by atoms with E-state index in [4.69, 9.17) is 9.26 Å². The van der Waals surface area contributed by atoms with Gasteiger partial charge in [0.2, 0.25) is 0 Å². The fourth-order valence-electron chi connectivity index (χ4n) is 1.47. The monoisotopic (exact) mass is 182 g/mol. The van der Waals surface area contributed by atoms with Crippen molar-refractivity contribution < 1.29 is 9.26 Å². The molecular weight excluding hydrogens is 168 g/mol. The van der Waals surface area contributed by atoms with Crippen molar-refractivity contribution in [2.45, 2.75) is 24.8 Å². The van der Waals surface area contributed by atoms with E-state index < -0.39 is 0 Å². The molecular formula is C9H14N2O2. The van der Waals surface area contributed by atoms with Crippen molar-refractivity contribution in [3.63, 3.8) is 0 Å². The summed E-state index contributed by atoms with van der Waals surface area (Å²) in [5, 5.41) is 7.06. The van der Waals surface area contributed by atoms with Gasteiger partial charge in [-0.25, -0.2) is 0 Å². The van der Waals surface area contributed by atoms with Crippen molar-refractivity contribution in [1.82, 2.24) is 10.5 Å². The maximum Gasteiger partial charge on any atom is 0.254 e. The summed E-state index contributed by atoms with van der Waals surface area (Å²) in [4.78, 5) is 0. The van der Waals surface area contributed by atoms with E-state index in [9.17, 15) is 0 Å². The van der Waals surface area contributed by atoms with Gasteiger partial charge in [-0.05, 0) is 25.0 Å². The highest BCUT2D eigenvalue weighted by molar-refractivity contribution is 5.16. The molecule has 13 heavy (non-hydrogen) atoms. The lowest BCUT2D eigenvalue weighted by atomic mass is 10.1. The molecule has 1 N–H and O–H groups in total. The Labute approximate surface area is 77.2 Å². The van der Waals surface area contributed by atoms with Crippen LogP contribution < -0.4 is 10.1 Å². The molecule has 0 amide bonds. The second kappa shape index (κ2) is 3.03. The minimum Gasteiger partial charge on any atom is -0.479 e. The quantitative estimate of drug-likeness (QED) is 0.754. The Morgan fingerprint density at radius 2 is 2.46 bits per heavy atom. The van der Waals surface area contributed by atoms with Crippen LogP contribution in [0.4, 0.5) is 0 Å². The molecule has 0 radical (unpaired) electrons. The van der Waals surface area contributed by atoms with Gasteiger partial charge in [-0.15, -0.1) is 0 Å². The standard InChI is InChI=1S/C9H14N2O2/c1-10-9(3-4-9)6-7-5-8(12-2)11-13-7/h5,10H,3-4,6H2,1-2H3. The summed E-state index contributed by atoms with van der Waals surface area (Å²) in [5.74, 6) is 1.45. The Balaban J connectivity index is 2.01. The zero-order chi connectivity index (χ0) is 9.31. The zero-order valence-corrected chi connectivity index (χ0v) is 7.96. The average molecular weight is 182 g/mol. The van der Waals surface area contributed by atoms with Gasteiger partial charge in [0.1, 0.15) is 5.76 Å². The van der Waals surface area contributed by atoms with Crippen molar-refractivity contribution in [1.29, 1.82) is 0 Å². The van der Waals surface area contributed by atoms with E-state index in [0.717, 1.165) is 12.2 Å². The molecule has 0 atom stereocenters. The van der Waals surface area contributed by atoms with Crippen molar-refractivity contribution in [2.75, 3.05) is 14.2 Å². The van der Waals surface area contributed by atoms with Gasteiger partial charge in [0.25, 0.3) is 5.88 Å². The summed E-state index contributed by atoms with van der Waals surface area (Å²) < 4.78 is 10.1. The lowest BCUT2D eigenvalue weighted by Crippen LogP contribution is -2.29. The van der Waals surface area contributed by atoms with Gasteiger partial charge in [-0.3, -0.25) is 0 Å². The predicted molar refractivity (Wildman–Crippen MR) is 47.8 cm³/mol. The molecule has 0 bridgehead atoms. The number of hydrogen-bond donors (Lipinski definition) is 1. The van der Waals surface area contributed by atoms with E-state index in [1.807, 2.05) is 13.1 Å². The maximum atomic E-state index is 5.12. The van der Waals surface area contributed by atoms with Crippen LogP contribution in [0, 0.1) is 0 Å². The van der Waals surface area contributed by atoms with Crippen LogP contribution in [0.1, 0.15) is 18.6 Å². The van der Waals surface area contributed by atoms with Crippen molar-refractivity contribution in [3.05, 3.63) is 11.8 Å². The largest absolute Gasteiger partial charge is 0.479 e. The number of rotatable bonds is 4. The van der Waals surface area contributed by atoms with Crippen LogP contribution in [0.2, 0.25) is 0 Å². The summed E-state index contributed by atoms with van der Waals surface area (Å²) in [6, 6.07) is 1.84.